The molecule has 0 atom stereocenters. The van der Waals surface area contributed by atoms with Crippen LogP contribution in [0.2, 0.25) is 0 Å². The number of ketones is 1. The molecule has 0 saturated carbocycles. The van der Waals surface area contributed by atoms with Crippen LogP contribution >= 0.6 is 0 Å². The number of hydrogen-bond donors (Lipinski definition) is 2. The van der Waals surface area contributed by atoms with Crippen molar-refractivity contribution >= 4 is 11.6 Å². The van der Waals surface area contributed by atoms with E-state index in [1.54, 1.807) is 12.3 Å². The molecule has 14 heavy (non-hydrogen) atoms. The highest BCUT2D eigenvalue weighted by Gasteiger charge is 2.24. The smallest absolute Gasteiger partial charge is 0.142 e. The first-order valence-corrected chi connectivity index (χ1v) is 4.69. The number of anilines is 1. The Morgan fingerprint density at radius 1 is 1.64 bits per heavy atom. The minimum Gasteiger partial charge on any atom is -0.384 e. The Morgan fingerprint density at radius 3 is 3.00 bits per heavy atom. The van der Waals surface area contributed by atoms with Crippen molar-refractivity contribution in [2.24, 2.45) is 5.92 Å². The maximum absolute atomic E-state index is 11.6. The number of rotatable bonds is 3. The third-order valence-corrected chi connectivity index (χ3v) is 2.46. The molecule has 0 amide bonds. The number of aromatic nitrogens is 1. The molecule has 0 aromatic carbocycles. The van der Waals surface area contributed by atoms with E-state index in [4.69, 9.17) is 5.73 Å². The normalized spacial score (nSPS) is 16.3. The number of nitrogens with one attached hydrogen (secondary N) is 1. The van der Waals surface area contributed by atoms with Crippen LogP contribution in [0.3, 0.4) is 0 Å². The number of carbonyl (C=O) groups is 1. The second kappa shape index (κ2) is 3.75. The molecule has 1 aromatic rings. The SMILES string of the molecule is Nc1cc(CC(=O)C2CNC2)ccn1. The Bertz CT molecular complexity index is 347. The number of nitrogens with zero attached hydrogens (tertiary/aromatic N) is 1. The van der Waals surface area contributed by atoms with Crippen LogP contribution in [0.25, 0.3) is 0 Å². The van der Waals surface area contributed by atoms with Crippen molar-refractivity contribution < 1.29 is 4.79 Å². The quantitative estimate of drug-likeness (QED) is 0.705. The van der Waals surface area contributed by atoms with Gasteiger partial charge in [-0.05, 0) is 17.7 Å². The lowest BCUT2D eigenvalue weighted by Crippen LogP contribution is -2.47. The largest absolute Gasteiger partial charge is 0.384 e. The summed E-state index contributed by atoms with van der Waals surface area (Å²) in [6.07, 6.45) is 2.11. The molecular weight excluding hydrogens is 178 g/mol. The molecule has 74 valence electrons. The highest BCUT2D eigenvalue weighted by atomic mass is 16.1. The van der Waals surface area contributed by atoms with E-state index in [2.05, 4.69) is 10.3 Å². The molecule has 0 aliphatic carbocycles. The average molecular weight is 191 g/mol. The highest BCUT2D eigenvalue weighted by molar-refractivity contribution is 5.84. The number of nitrogen functional groups attached to an aromatic ring is 1. The van der Waals surface area contributed by atoms with Crippen molar-refractivity contribution in [3.05, 3.63) is 23.9 Å². The second-order valence-electron chi connectivity index (χ2n) is 3.59. The van der Waals surface area contributed by atoms with Crippen molar-refractivity contribution in [3.63, 3.8) is 0 Å². The summed E-state index contributed by atoms with van der Waals surface area (Å²) >= 11 is 0. The maximum atomic E-state index is 11.6. The summed E-state index contributed by atoms with van der Waals surface area (Å²) in [5.74, 6) is 0.959. The van der Waals surface area contributed by atoms with E-state index in [9.17, 15) is 4.79 Å². The summed E-state index contributed by atoms with van der Waals surface area (Å²) in [7, 11) is 0. The second-order valence-corrected chi connectivity index (χ2v) is 3.59. The summed E-state index contributed by atoms with van der Waals surface area (Å²) < 4.78 is 0. The van der Waals surface area contributed by atoms with E-state index in [-0.39, 0.29) is 11.7 Å². The van der Waals surface area contributed by atoms with Crippen LogP contribution in [0.4, 0.5) is 5.82 Å². The first-order chi connectivity index (χ1) is 6.75. The summed E-state index contributed by atoms with van der Waals surface area (Å²) in [5.41, 5.74) is 6.48. The van der Waals surface area contributed by atoms with Gasteiger partial charge in [0.25, 0.3) is 0 Å². The Labute approximate surface area is 82.5 Å². The zero-order valence-electron chi connectivity index (χ0n) is 7.86. The lowest BCUT2D eigenvalue weighted by atomic mass is 9.93. The van der Waals surface area contributed by atoms with Crippen LogP contribution in [0.5, 0.6) is 0 Å². The van der Waals surface area contributed by atoms with E-state index in [0.29, 0.717) is 12.2 Å². The van der Waals surface area contributed by atoms with Gasteiger partial charge in [-0.2, -0.15) is 0 Å². The summed E-state index contributed by atoms with van der Waals surface area (Å²) in [6, 6.07) is 3.59. The highest BCUT2D eigenvalue weighted by Crippen LogP contribution is 2.10. The topological polar surface area (TPSA) is 68.0 Å². The first-order valence-electron chi connectivity index (χ1n) is 4.69. The van der Waals surface area contributed by atoms with Crippen molar-refractivity contribution in [3.8, 4) is 0 Å². The molecule has 1 fully saturated rings. The van der Waals surface area contributed by atoms with E-state index < -0.39 is 0 Å². The lowest BCUT2D eigenvalue weighted by molar-refractivity contribution is -0.123. The summed E-state index contributed by atoms with van der Waals surface area (Å²) in [6.45, 7) is 1.64. The molecule has 4 heteroatoms. The van der Waals surface area contributed by atoms with Crippen LogP contribution in [0.1, 0.15) is 5.56 Å². The van der Waals surface area contributed by atoms with Gasteiger partial charge in [-0.3, -0.25) is 4.79 Å². The number of hydrogen-bond acceptors (Lipinski definition) is 4. The van der Waals surface area contributed by atoms with Gasteiger partial charge in [-0.25, -0.2) is 4.98 Å². The monoisotopic (exact) mass is 191 g/mol. The fourth-order valence-corrected chi connectivity index (χ4v) is 1.47. The first kappa shape index (κ1) is 9.15. The molecular formula is C10H13N3O. The molecule has 3 N–H and O–H groups in total. The fraction of sp³-hybridized carbons (Fsp3) is 0.400. The molecule has 1 saturated heterocycles. The van der Waals surface area contributed by atoms with Gasteiger partial charge in [0.15, 0.2) is 0 Å². The van der Waals surface area contributed by atoms with Crippen molar-refractivity contribution in [2.45, 2.75) is 6.42 Å². The average Bonchev–Trinajstić information content (AvgIpc) is 1.99. The fourth-order valence-electron chi connectivity index (χ4n) is 1.47. The van der Waals surface area contributed by atoms with Crippen molar-refractivity contribution in [1.29, 1.82) is 0 Å². The lowest BCUT2D eigenvalue weighted by Gasteiger charge is -2.25. The van der Waals surface area contributed by atoms with E-state index in [1.165, 1.54) is 0 Å². The summed E-state index contributed by atoms with van der Waals surface area (Å²) in [5, 5.41) is 3.08. The van der Waals surface area contributed by atoms with Crippen molar-refractivity contribution in [2.75, 3.05) is 18.8 Å². The number of pyridine rings is 1. The molecule has 2 rings (SSSR count). The minimum atomic E-state index is 0.199. The zero-order valence-corrected chi connectivity index (χ0v) is 7.86. The Hall–Kier alpha value is -1.42. The van der Waals surface area contributed by atoms with E-state index in [1.807, 2.05) is 6.07 Å². The van der Waals surface area contributed by atoms with Gasteiger partial charge in [0.05, 0.1) is 0 Å². The van der Waals surface area contributed by atoms with Gasteiger partial charge in [-0.1, -0.05) is 0 Å². The molecule has 0 bridgehead atoms. The minimum absolute atomic E-state index is 0.199. The molecule has 0 radical (unpaired) electrons. The van der Waals surface area contributed by atoms with Gasteiger partial charge in [0.1, 0.15) is 11.6 Å². The van der Waals surface area contributed by atoms with Crippen LogP contribution in [0.15, 0.2) is 18.3 Å². The van der Waals surface area contributed by atoms with Crippen LogP contribution in [0, 0.1) is 5.92 Å². The molecule has 4 nitrogen and oxygen atoms in total. The third-order valence-electron chi connectivity index (χ3n) is 2.46. The maximum Gasteiger partial charge on any atom is 0.142 e. The van der Waals surface area contributed by atoms with Crippen LogP contribution in [-0.2, 0) is 11.2 Å². The van der Waals surface area contributed by atoms with Gasteiger partial charge in [0.2, 0.25) is 0 Å². The van der Waals surface area contributed by atoms with Gasteiger partial charge >= 0.3 is 0 Å². The van der Waals surface area contributed by atoms with Crippen LogP contribution < -0.4 is 11.1 Å². The van der Waals surface area contributed by atoms with Gasteiger partial charge in [-0.15, -0.1) is 0 Å². The molecule has 1 aliphatic rings. The molecule has 2 heterocycles. The zero-order chi connectivity index (χ0) is 9.97. The molecule has 1 aromatic heterocycles. The van der Waals surface area contributed by atoms with E-state index >= 15 is 0 Å². The predicted molar refractivity (Wildman–Crippen MR) is 53.7 cm³/mol. The number of carbonyl (C=O) groups excluding carboxylic acids is 1. The van der Waals surface area contributed by atoms with Crippen LogP contribution in [-0.4, -0.2) is 23.9 Å². The predicted octanol–water partition coefficient (Wildman–Crippen LogP) is -0.00520. The molecule has 1 aliphatic heterocycles. The van der Waals surface area contributed by atoms with Gasteiger partial charge < -0.3 is 11.1 Å². The number of nitrogens with two attached hydrogens (primary N) is 1. The standard InChI is InChI=1S/C10H13N3O/c11-10-4-7(1-2-13-10)3-9(14)8-5-12-6-8/h1-2,4,8,12H,3,5-6H2,(H2,11,13). The van der Waals surface area contributed by atoms with Gasteiger partial charge in [0, 0.05) is 31.6 Å². The molecule has 0 unspecified atom stereocenters. The Kier molecular flexibility index (Phi) is 2.45. The van der Waals surface area contributed by atoms with Crippen molar-refractivity contribution in [1.82, 2.24) is 10.3 Å². The third kappa shape index (κ3) is 1.90. The number of Topliss-reactive ketones (excluding diaryl/α,β-unsaturated/α-hetero) is 1. The summed E-state index contributed by atoms with van der Waals surface area (Å²) in [4.78, 5) is 15.5. The van der Waals surface area contributed by atoms with E-state index in [0.717, 1.165) is 18.7 Å². The Balaban J connectivity index is 1.99. The molecule has 0 spiro atoms. The Morgan fingerprint density at radius 2 is 2.43 bits per heavy atom.